The van der Waals surface area contributed by atoms with Crippen molar-refractivity contribution in [1.82, 2.24) is 4.57 Å². The third-order valence-electron chi connectivity index (χ3n) is 4.58. The highest BCUT2D eigenvalue weighted by Gasteiger charge is 2.16. The molecular formula is C22H21ClFNOS. The van der Waals surface area contributed by atoms with Gasteiger partial charge in [0.2, 0.25) is 0 Å². The average molecular weight is 402 g/mol. The van der Waals surface area contributed by atoms with E-state index in [-0.39, 0.29) is 11.6 Å². The van der Waals surface area contributed by atoms with Gasteiger partial charge in [-0.3, -0.25) is 4.79 Å². The number of rotatable bonds is 7. The van der Waals surface area contributed by atoms with Crippen LogP contribution in [0.2, 0.25) is 5.02 Å². The Hall–Kier alpha value is -2.04. The second kappa shape index (κ2) is 8.77. The van der Waals surface area contributed by atoms with Gasteiger partial charge in [-0.2, -0.15) is 11.8 Å². The average Bonchev–Trinajstić information content (AvgIpc) is 2.98. The second-order valence-electron chi connectivity index (χ2n) is 6.36. The number of aromatic nitrogens is 1. The maximum Gasteiger partial charge on any atom is 0.161 e. The lowest BCUT2D eigenvalue weighted by molar-refractivity contribution is 0.101. The minimum atomic E-state index is -0.268. The van der Waals surface area contributed by atoms with E-state index in [1.54, 1.807) is 30.8 Å². The molecule has 1 aromatic heterocycles. The molecule has 0 saturated heterocycles. The first-order chi connectivity index (χ1) is 13.0. The van der Waals surface area contributed by atoms with E-state index in [0.29, 0.717) is 16.3 Å². The molecule has 0 unspecified atom stereocenters. The molecule has 0 spiro atoms. The van der Waals surface area contributed by atoms with Gasteiger partial charge in [-0.1, -0.05) is 48.0 Å². The van der Waals surface area contributed by atoms with Crippen molar-refractivity contribution in [3.8, 4) is 11.3 Å². The Balaban J connectivity index is 1.77. The van der Waals surface area contributed by atoms with Crippen LogP contribution in [0.25, 0.3) is 11.3 Å². The quantitative estimate of drug-likeness (QED) is 0.338. The number of ketones is 1. The predicted molar refractivity (Wildman–Crippen MR) is 112 cm³/mol. The maximum absolute atomic E-state index is 13.9. The van der Waals surface area contributed by atoms with Gasteiger partial charge < -0.3 is 4.57 Å². The van der Waals surface area contributed by atoms with Gasteiger partial charge >= 0.3 is 0 Å². The fraction of sp³-hybridized carbons (Fsp3) is 0.227. The van der Waals surface area contributed by atoms with Gasteiger partial charge in [-0.25, -0.2) is 4.39 Å². The first-order valence-corrected chi connectivity index (χ1v) is 10.3. The number of hydrogen-bond acceptors (Lipinski definition) is 2. The zero-order chi connectivity index (χ0) is 19.4. The highest BCUT2D eigenvalue weighted by molar-refractivity contribution is 7.98. The molecule has 5 heteroatoms. The lowest BCUT2D eigenvalue weighted by Crippen LogP contribution is -2.06. The first kappa shape index (κ1) is 19.7. The molecule has 0 amide bonds. The normalized spacial score (nSPS) is 11.0. The Morgan fingerprint density at radius 1 is 1.15 bits per heavy atom. The summed E-state index contributed by atoms with van der Waals surface area (Å²) in [4.78, 5) is 12.0. The molecule has 0 saturated carbocycles. The highest BCUT2D eigenvalue weighted by atomic mass is 35.5. The van der Waals surface area contributed by atoms with Gasteiger partial charge in [0.05, 0.1) is 0 Å². The summed E-state index contributed by atoms with van der Waals surface area (Å²) in [5, 5.41) is 0.462. The molecule has 0 fully saturated rings. The zero-order valence-electron chi connectivity index (χ0n) is 15.3. The van der Waals surface area contributed by atoms with Crippen molar-refractivity contribution in [3.63, 3.8) is 0 Å². The Morgan fingerprint density at radius 3 is 2.56 bits per heavy atom. The molecule has 2 nitrogen and oxygen atoms in total. The van der Waals surface area contributed by atoms with Crippen molar-refractivity contribution >= 4 is 29.1 Å². The summed E-state index contributed by atoms with van der Waals surface area (Å²) >= 11 is 7.73. The molecule has 140 valence electrons. The van der Waals surface area contributed by atoms with Crippen LogP contribution in [-0.2, 0) is 12.3 Å². The topological polar surface area (TPSA) is 22.0 Å². The Labute approximate surface area is 168 Å². The van der Waals surface area contributed by atoms with Crippen LogP contribution >= 0.6 is 23.4 Å². The van der Waals surface area contributed by atoms with E-state index in [4.69, 9.17) is 11.6 Å². The lowest BCUT2D eigenvalue weighted by atomic mass is 10.1. The molecule has 0 radical (unpaired) electrons. The molecule has 1 heterocycles. The monoisotopic (exact) mass is 401 g/mol. The van der Waals surface area contributed by atoms with E-state index < -0.39 is 0 Å². The van der Waals surface area contributed by atoms with Crippen molar-refractivity contribution in [1.29, 1.82) is 0 Å². The third-order valence-corrected chi connectivity index (χ3v) is 5.90. The van der Waals surface area contributed by atoms with Crippen LogP contribution in [0.3, 0.4) is 0 Å². The number of Topliss-reactive ketones (excluding diaryl/α,β-unsaturated/α-hetero) is 1. The Morgan fingerprint density at radius 2 is 1.89 bits per heavy atom. The van der Waals surface area contributed by atoms with E-state index >= 15 is 0 Å². The van der Waals surface area contributed by atoms with E-state index in [1.165, 1.54) is 6.07 Å². The van der Waals surface area contributed by atoms with Crippen LogP contribution in [0.5, 0.6) is 0 Å². The first-order valence-electron chi connectivity index (χ1n) is 8.76. The standard InChI is InChI=1S/C22H21ClFNOS/c1-15-18(16(2)26)13-22(17-7-4-3-5-8-17)25(15)11-12-27-14-19-20(23)9-6-10-21(19)24/h3-10,13H,11-12,14H2,1-2H3. The Bertz CT molecular complexity index is 932. The highest BCUT2D eigenvalue weighted by Crippen LogP contribution is 2.28. The van der Waals surface area contributed by atoms with Gasteiger partial charge in [-0.15, -0.1) is 0 Å². The van der Waals surface area contributed by atoms with Crippen molar-refractivity contribution < 1.29 is 9.18 Å². The van der Waals surface area contributed by atoms with Crippen molar-refractivity contribution in [2.24, 2.45) is 0 Å². The molecule has 0 aliphatic carbocycles. The predicted octanol–water partition coefficient (Wildman–Crippen LogP) is 6.39. The number of benzene rings is 2. The number of nitrogens with zero attached hydrogens (tertiary/aromatic N) is 1. The molecule has 3 aromatic rings. The molecule has 0 bridgehead atoms. The largest absolute Gasteiger partial charge is 0.343 e. The third kappa shape index (κ3) is 4.45. The van der Waals surface area contributed by atoms with Crippen LogP contribution in [-0.4, -0.2) is 16.1 Å². The van der Waals surface area contributed by atoms with Gasteiger partial charge in [0.25, 0.3) is 0 Å². The van der Waals surface area contributed by atoms with Crippen LogP contribution in [0.4, 0.5) is 4.39 Å². The van der Waals surface area contributed by atoms with Crippen molar-refractivity contribution in [2.45, 2.75) is 26.1 Å². The second-order valence-corrected chi connectivity index (χ2v) is 7.87. The molecule has 0 N–H and O–H groups in total. The van der Waals surface area contributed by atoms with Crippen LogP contribution in [0, 0.1) is 12.7 Å². The number of halogens is 2. The fourth-order valence-electron chi connectivity index (χ4n) is 3.14. The van der Waals surface area contributed by atoms with Crippen LogP contribution in [0.15, 0.2) is 54.6 Å². The summed E-state index contributed by atoms with van der Waals surface area (Å²) in [6, 6.07) is 16.8. The van der Waals surface area contributed by atoms with Crippen LogP contribution in [0.1, 0.15) is 28.5 Å². The van der Waals surface area contributed by atoms with E-state index in [1.807, 2.05) is 43.3 Å². The van der Waals surface area contributed by atoms with Gasteiger partial charge in [0, 0.05) is 45.6 Å². The van der Waals surface area contributed by atoms with E-state index in [0.717, 1.165) is 34.8 Å². The summed E-state index contributed by atoms with van der Waals surface area (Å²) < 4.78 is 16.1. The maximum atomic E-state index is 13.9. The van der Waals surface area contributed by atoms with Crippen LogP contribution < -0.4 is 0 Å². The minimum Gasteiger partial charge on any atom is -0.343 e. The Kier molecular flexibility index (Phi) is 6.40. The molecule has 3 rings (SSSR count). The molecule has 0 atom stereocenters. The number of carbonyl (C=O) groups excluding carboxylic acids is 1. The SMILES string of the molecule is CC(=O)c1cc(-c2ccccc2)n(CCSCc2c(F)cccc2Cl)c1C. The summed E-state index contributed by atoms with van der Waals surface area (Å²) in [5.41, 5.74) is 4.36. The molecular weight excluding hydrogens is 381 g/mol. The number of thioether (sulfide) groups is 1. The number of carbonyl (C=O) groups is 1. The summed E-state index contributed by atoms with van der Waals surface area (Å²) in [6.07, 6.45) is 0. The van der Waals surface area contributed by atoms with Crippen molar-refractivity contribution in [3.05, 3.63) is 82.3 Å². The summed E-state index contributed by atoms with van der Waals surface area (Å²) in [7, 11) is 0. The number of hydrogen-bond donors (Lipinski definition) is 0. The summed E-state index contributed by atoms with van der Waals surface area (Å²) in [6.45, 7) is 4.30. The molecule has 0 aliphatic heterocycles. The fourth-order valence-corrected chi connectivity index (χ4v) is 4.40. The molecule has 2 aromatic carbocycles. The lowest BCUT2D eigenvalue weighted by Gasteiger charge is -2.12. The van der Waals surface area contributed by atoms with Gasteiger partial charge in [0.15, 0.2) is 5.78 Å². The smallest absolute Gasteiger partial charge is 0.161 e. The minimum absolute atomic E-state index is 0.0641. The van der Waals surface area contributed by atoms with Gasteiger partial charge in [0.1, 0.15) is 5.82 Å². The molecule has 27 heavy (non-hydrogen) atoms. The van der Waals surface area contributed by atoms with E-state index in [9.17, 15) is 9.18 Å². The van der Waals surface area contributed by atoms with Crippen molar-refractivity contribution in [2.75, 3.05) is 5.75 Å². The van der Waals surface area contributed by atoms with E-state index in [2.05, 4.69) is 4.57 Å². The summed E-state index contributed by atoms with van der Waals surface area (Å²) in [5.74, 6) is 1.11. The zero-order valence-corrected chi connectivity index (χ0v) is 16.9. The molecule has 0 aliphatic rings. The van der Waals surface area contributed by atoms with Gasteiger partial charge in [-0.05, 0) is 37.6 Å².